The van der Waals surface area contributed by atoms with Gasteiger partial charge in [0.15, 0.2) is 0 Å². The first-order valence-corrected chi connectivity index (χ1v) is 20.3. The standard InChI is InChI=1S/2C23H29N3O2.CH4/c2*1-18-6-8-19(9-7-18)14-25-12-13-26(23(25)28)17-22(27)16-24-11-10-20-4-2-3-5-21(20)15-24;/h2*2-9,22,27H,10-17H2,1H3;1H4. The Morgan fingerprint density at radius 3 is 1.21 bits per heavy atom. The third-order valence-electron chi connectivity index (χ3n) is 11.6. The lowest BCUT2D eigenvalue weighted by Crippen LogP contribution is -2.43. The summed E-state index contributed by atoms with van der Waals surface area (Å²) < 4.78 is 0. The number of nitrogens with zero attached hydrogens (tertiary/aromatic N) is 6. The van der Waals surface area contributed by atoms with E-state index in [1.54, 1.807) is 9.80 Å². The average Bonchev–Trinajstić information content (AvgIpc) is 3.72. The number of fused-ring (bicyclic) bond motifs is 2. The molecular weight excluding hydrogens is 713 g/mol. The summed E-state index contributed by atoms with van der Waals surface area (Å²) in [5, 5.41) is 21.2. The minimum atomic E-state index is -0.520. The highest BCUT2D eigenvalue weighted by Gasteiger charge is 2.32. The summed E-state index contributed by atoms with van der Waals surface area (Å²) >= 11 is 0. The largest absolute Gasteiger partial charge is 0.390 e. The molecule has 2 fully saturated rings. The number of amides is 4. The van der Waals surface area contributed by atoms with E-state index < -0.39 is 12.2 Å². The fraction of sp³-hybridized carbons (Fsp3) is 0.447. The molecule has 2 unspecified atom stereocenters. The highest BCUT2D eigenvalue weighted by molar-refractivity contribution is 5.77. The third kappa shape index (κ3) is 11.2. The lowest BCUT2D eigenvalue weighted by atomic mass is 10.00. The molecule has 2 saturated heterocycles. The fourth-order valence-electron chi connectivity index (χ4n) is 8.37. The van der Waals surface area contributed by atoms with Crippen LogP contribution in [-0.4, -0.2) is 129 Å². The molecule has 0 aliphatic carbocycles. The zero-order chi connectivity index (χ0) is 39.0. The number of β-amino-alcohol motifs (C(OH)–C–C–N with tert-alkyl or cyclic N) is 2. The molecular formula is C47H62N6O4. The van der Waals surface area contributed by atoms with Crippen molar-refractivity contribution in [3.63, 3.8) is 0 Å². The van der Waals surface area contributed by atoms with Gasteiger partial charge in [0.2, 0.25) is 0 Å². The third-order valence-corrected chi connectivity index (χ3v) is 11.6. The predicted octanol–water partition coefficient (Wildman–Crippen LogP) is 5.94. The molecule has 10 nitrogen and oxygen atoms in total. The number of urea groups is 2. The Balaban J connectivity index is 0.000000189. The maximum absolute atomic E-state index is 12.7. The number of hydrogen-bond donors (Lipinski definition) is 2. The summed E-state index contributed by atoms with van der Waals surface area (Å²) in [5.41, 5.74) is 10.3. The van der Waals surface area contributed by atoms with E-state index in [1.165, 1.54) is 33.4 Å². The Hall–Kier alpha value is -4.74. The van der Waals surface area contributed by atoms with E-state index in [0.29, 0.717) is 52.4 Å². The van der Waals surface area contributed by atoms with Crippen molar-refractivity contribution in [3.8, 4) is 0 Å². The van der Waals surface area contributed by atoms with Crippen LogP contribution in [0.1, 0.15) is 51.9 Å². The highest BCUT2D eigenvalue weighted by atomic mass is 16.3. The number of hydrogen-bond acceptors (Lipinski definition) is 6. The molecule has 0 spiro atoms. The molecule has 4 aromatic rings. The molecule has 4 amide bonds. The Morgan fingerprint density at radius 1 is 0.474 bits per heavy atom. The van der Waals surface area contributed by atoms with Gasteiger partial charge in [0.25, 0.3) is 0 Å². The minimum Gasteiger partial charge on any atom is -0.390 e. The predicted molar refractivity (Wildman–Crippen MR) is 227 cm³/mol. The first kappa shape index (κ1) is 41.9. The van der Waals surface area contributed by atoms with Crippen LogP contribution in [-0.2, 0) is 39.0 Å². The molecule has 0 radical (unpaired) electrons. The first-order valence-electron chi connectivity index (χ1n) is 20.3. The van der Waals surface area contributed by atoms with Gasteiger partial charge in [-0.25, -0.2) is 9.59 Å². The summed E-state index contributed by atoms with van der Waals surface area (Å²) in [6.45, 7) is 13.9. The van der Waals surface area contributed by atoms with Gasteiger partial charge in [-0.3, -0.25) is 9.80 Å². The van der Waals surface area contributed by atoms with Crippen molar-refractivity contribution in [3.05, 3.63) is 142 Å². The Morgan fingerprint density at radius 2 is 0.825 bits per heavy atom. The van der Waals surface area contributed by atoms with Crippen LogP contribution in [0.25, 0.3) is 0 Å². The molecule has 2 atom stereocenters. The average molecular weight is 775 g/mol. The minimum absolute atomic E-state index is 0. The number of aryl methyl sites for hydroxylation is 2. The van der Waals surface area contributed by atoms with Crippen LogP contribution in [0.3, 0.4) is 0 Å². The van der Waals surface area contributed by atoms with Crippen LogP contribution in [0.4, 0.5) is 9.59 Å². The van der Waals surface area contributed by atoms with E-state index in [0.717, 1.165) is 63.2 Å². The number of aliphatic hydroxyl groups is 2. The van der Waals surface area contributed by atoms with Crippen molar-refractivity contribution < 1.29 is 19.8 Å². The number of aliphatic hydroxyl groups excluding tert-OH is 2. The number of carbonyl (C=O) groups is 2. The fourth-order valence-corrected chi connectivity index (χ4v) is 8.37. The lowest BCUT2D eigenvalue weighted by Gasteiger charge is -2.31. The van der Waals surface area contributed by atoms with Gasteiger partial charge >= 0.3 is 12.1 Å². The first-order chi connectivity index (χ1) is 27.2. The molecule has 10 heteroatoms. The molecule has 8 rings (SSSR count). The smallest absolute Gasteiger partial charge is 0.320 e. The zero-order valence-electron chi connectivity index (χ0n) is 33.1. The Kier molecular flexibility index (Phi) is 14.4. The second-order valence-electron chi connectivity index (χ2n) is 16.1. The number of carbonyl (C=O) groups excluding carboxylic acids is 2. The van der Waals surface area contributed by atoms with Gasteiger partial charge in [0, 0.05) is 91.6 Å². The summed E-state index contributed by atoms with van der Waals surface area (Å²) in [6, 6.07) is 33.7. The second kappa shape index (κ2) is 19.6. The van der Waals surface area contributed by atoms with Crippen molar-refractivity contribution in [1.82, 2.24) is 29.4 Å². The van der Waals surface area contributed by atoms with Gasteiger partial charge in [-0.2, -0.15) is 0 Å². The lowest BCUT2D eigenvalue weighted by molar-refractivity contribution is 0.0811. The van der Waals surface area contributed by atoms with Crippen molar-refractivity contribution in [2.45, 2.75) is 72.5 Å². The molecule has 304 valence electrons. The molecule has 2 N–H and O–H groups in total. The molecule has 4 aliphatic rings. The number of benzene rings is 4. The summed E-state index contributed by atoms with van der Waals surface area (Å²) in [6.07, 6.45) is 1.01. The molecule has 4 aliphatic heterocycles. The van der Waals surface area contributed by atoms with Gasteiger partial charge in [0.05, 0.1) is 12.2 Å². The molecule has 0 saturated carbocycles. The monoisotopic (exact) mass is 774 g/mol. The Labute approximate surface area is 339 Å². The normalized spacial score (nSPS) is 18.1. The van der Waals surface area contributed by atoms with Crippen molar-refractivity contribution in [2.24, 2.45) is 0 Å². The van der Waals surface area contributed by atoms with Crippen LogP contribution in [0.15, 0.2) is 97.1 Å². The van der Waals surface area contributed by atoms with E-state index in [1.807, 2.05) is 9.80 Å². The van der Waals surface area contributed by atoms with E-state index >= 15 is 0 Å². The molecule has 0 aromatic heterocycles. The molecule has 57 heavy (non-hydrogen) atoms. The van der Waals surface area contributed by atoms with Gasteiger partial charge < -0.3 is 29.8 Å². The Bertz CT molecular complexity index is 1780. The van der Waals surface area contributed by atoms with Crippen molar-refractivity contribution >= 4 is 12.1 Å². The maximum atomic E-state index is 12.7. The van der Waals surface area contributed by atoms with Gasteiger partial charge in [-0.15, -0.1) is 0 Å². The second-order valence-corrected chi connectivity index (χ2v) is 16.1. The van der Waals surface area contributed by atoms with Gasteiger partial charge in [0.1, 0.15) is 0 Å². The maximum Gasteiger partial charge on any atom is 0.320 e. The van der Waals surface area contributed by atoms with Crippen LogP contribution < -0.4 is 0 Å². The summed E-state index contributed by atoms with van der Waals surface area (Å²) in [5.74, 6) is 0. The van der Waals surface area contributed by atoms with Crippen molar-refractivity contribution in [1.29, 1.82) is 0 Å². The van der Waals surface area contributed by atoms with Crippen LogP contribution in [0.2, 0.25) is 0 Å². The SMILES string of the molecule is C.Cc1ccc(CN2CCN(CC(O)CN3CCc4ccccc4C3)C2=O)cc1.Cc1ccc(CN2CCN(CC(O)CN3CCc4ccccc4C3)C2=O)cc1. The van der Waals surface area contributed by atoms with Crippen molar-refractivity contribution in [2.75, 3.05) is 65.4 Å². The highest BCUT2D eigenvalue weighted by Crippen LogP contribution is 2.21. The van der Waals surface area contributed by atoms with E-state index in [-0.39, 0.29) is 19.5 Å². The summed E-state index contributed by atoms with van der Waals surface area (Å²) in [7, 11) is 0. The van der Waals surface area contributed by atoms with E-state index in [2.05, 4.69) is 121 Å². The summed E-state index contributed by atoms with van der Waals surface area (Å²) in [4.78, 5) is 37.3. The quantitative estimate of drug-likeness (QED) is 0.185. The molecule has 0 bridgehead atoms. The van der Waals surface area contributed by atoms with E-state index in [9.17, 15) is 19.8 Å². The molecule has 4 aromatic carbocycles. The van der Waals surface area contributed by atoms with Crippen LogP contribution in [0, 0.1) is 13.8 Å². The zero-order valence-corrected chi connectivity index (χ0v) is 33.1. The van der Waals surface area contributed by atoms with Gasteiger partial charge in [-0.1, -0.05) is 116 Å². The van der Waals surface area contributed by atoms with Crippen LogP contribution >= 0.6 is 0 Å². The number of rotatable bonds is 12. The van der Waals surface area contributed by atoms with E-state index in [4.69, 9.17) is 0 Å². The topological polar surface area (TPSA) is 94.0 Å². The van der Waals surface area contributed by atoms with Crippen LogP contribution in [0.5, 0.6) is 0 Å². The molecule has 4 heterocycles. The van der Waals surface area contributed by atoms with Gasteiger partial charge in [-0.05, 0) is 60.1 Å².